The molecule has 0 rings (SSSR count). The van der Waals surface area contributed by atoms with Crippen molar-refractivity contribution >= 4 is 41.4 Å². The molecule has 11 nitrogen and oxygen atoms in total. The van der Waals surface area contributed by atoms with Gasteiger partial charge in [-0.1, -0.05) is 13.8 Å². The Labute approximate surface area is 174 Å². The second kappa shape index (κ2) is 13.0. The quantitative estimate of drug-likeness (QED) is 0.195. The molecular formula is C17H31N5O6S. The minimum Gasteiger partial charge on any atom is -0.480 e. The van der Waals surface area contributed by atoms with Gasteiger partial charge in [-0.3, -0.25) is 24.0 Å². The van der Waals surface area contributed by atoms with Crippen LogP contribution in [-0.2, 0) is 24.0 Å². The summed E-state index contributed by atoms with van der Waals surface area (Å²) in [5.41, 5.74) is 10.9. The Morgan fingerprint density at radius 1 is 0.966 bits per heavy atom. The molecule has 0 heterocycles. The van der Waals surface area contributed by atoms with E-state index in [1.165, 1.54) is 18.7 Å². The van der Waals surface area contributed by atoms with E-state index in [0.29, 0.717) is 12.2 Å². The van der Waals surface area contributed by atoms with Gasteiger partial charge in [-0.2, -0.15) is 11.8 Å². The molecule has 166 valence electrons. The second-order valence-electron chi connectivity index (χ2n) is 6.92. The summed E-state index contributed by atoms with van der Waals surface area (Å²) in [6.45, 7) is 4.61. The monoisotopic (exact) mass is 433 g/mol. The van der Waals surface area contributed by atoms with Crippen LogP contribution >= 0.6 is 11.8 Å². The molecule has 0 saturated carbocycles. The van der Waals surface area contributed by atoms with E-state index in [-0.39, 0.29) is 5.92 Å². The van der Waals surface area contributed by atoms with Crippen molar-refractivity contribution in [2.75, 3.05) is 12.0 Å². The molecule has 0 aliphatic carbocycles. The zero-order valence-corrected chi connectivity index (χ0v) is 17.9. The molecule has 0 bridgehead atoms. The predicted molar refractivity (Wildman–Crippen MR) is 109 cm³/mol. The lowest BCUT2D eigenvalue weighted by Gasteiger charge is -2.26. The lowest BCUT2D eigenvalue weighted by Crippen LogP contribution is -2.58. The summed E-state index contributed by atoms with van der Waals surface area (Å²) in [4.78, 5) is 59.3. The van der Waals surface area contributed by atoms with Crippen molar-refractivity contribution in [1.82, 2.24) is 16.0 Å². The number of carboxylic acid groups (broad SMARTS) is 1. The molecule has 0 aliphatic rings. The molecule has 0 aromatic heterocycles. The van der Waals surface area contributed by atoms with Crippen molar-refractivity contribution in [3.8, 4) is 0 Å². The van der Waals surface area contributed by atoms with Crippen LogP contribution in [0.15, 0.2) is 0 Å². The summed E-state index contributed by atoms with van der Waals surface area (Å²) in [7, 11) is 0. The van der Waals surface area contributed by atoms with Gasteiger partial charge in [-0.05, 0) is 31.3 Å². The van der Waals surface area contributed by atoms with Crippen molar-refractivity contribution in [2.45, 2.75) is 57.8 Å². The highest BCUT2D eigenvalue weighted by Crippen LogP contribution is 2.06. The molecule has 0 aromatic rings. The van der Waals surface area contributed by atoms with E-state index in [0.717, 1.165) is 0 Å². The van der Waals surface area contributed by atoms with Gasteiger partial charge in [0.15, 0.2) is 0 Å². The molecule has 8 N–H and O–H groups in total. The summed E-state index contributed by atoms with van der Waals surface area (Å²) in [5, 5.41) is 16.0. The van der Waals surface area contributed by atoms with E-state index >= 15 is 0 Å². The van der Waals surface area contributed by atoms with Crippen molar-refractivity contribution in [3.63, 3.8) is 0 Å². The van der Waals surface area contributed by atoms with Gasteiger partial charge in [-0.15, -0.1) is 0 Å². The molecule has 4 unspecified atom stereocenters. The Bertz CT molecular complexity index is 615. The molecule has 0 saturated heterocycles. The van der Waals surface area contributed by atoms with Gasteiger partial charge in [0.2, 0.25) is 23.6 Å². The first-order valence-corrected chi connectivity index (χ1v) is 10.5. The van der Waals surface area contributed by atoms with E-state index in [1.54, 1.807) is 13.8 Å². The van der Waals surface area contributed by atoms with Gasteiger partial charge in [0.05, 0.1) is 12.5 Å². The lowest BCUT2D eigenvalue weighted by molar-refractivity contribution is -0.142. The van der Waals surface area contributed by atoms with Crippen molar-refractivity contribution in [1.29, 1.82) is 0 Å². The number of carbonyl (C=O) groups excluding carboxylic acids is 4. The summed E-state index contributed by atoms with van der Waals surface area (Å²) in [6, 6.07) is -4.42. The Kier molecular flexibility index (Phi) is 11.9. The van der Waals surface area contributed by atoms with Gasteiger partial charge < -0.3 is 32.5 Å². The number of carboxylic acids is 1. The summed E-state index contributed by atoms with van der Waals surface area (Å²) in [6.07, 6.45) is 1.78. The van der Waals surface area contributed by atoms with Crippen LogP contribution in [0.5, 0.6) is 0 Å². The number of primary amides is 1. The van der Waals surface area contributed by atoms with Crippen molar-refractivity contribution in [3.05, 3.63) is 0 Å². The minimum atomic E-state index is -1.38. The minimum absolute atomic E-state index is 0.345. The largest absolute Gasteiger partial charge is 0.480 e. The topological polar surface area (TPSA) is 194 Å². The molecule has 0 radical (unpaired) electrons. The first kappa shape index (κ1) is 26.7. The van der Waals surface area contributed by atoms with Crippen LogP contribution < -0.4 is 27.4 Å². The number of aliphatic carboxylic acids is 1. The average Bonchev–Trinajstić information content (AvgIpc) is 2.62. The van der Waals surface area contributed by atoms with Gasteiger partial charge >= 0.3 is 5.97 Å². The van der Waals surface area contributed by atoms with Crippen LogP contribution in [0.2, 0.25) is 0 Å². The molecule has 29 heavy (non-hydrogen) atoms. The summed E-state index contributed by atoms with van der Waals surface area (Å²) in [5.74, 6) is -3.92. The summed E-state index contributed by atoms with van der Waals surface area (Å²) < 4.78 is 0. The standard InChI is InChI=1S/C17H31N5O6S/c1-8(2)13(22-14(24)10(18)5-6-29-4)16(26)21-11(7-12(19)23)15(25)20-9(3)17(27)28/h8-11,13H,5-7,18H2,1-4H3,(H2,19,23)(H,20,25)(H,21,26)(H,22,24)(H,27,28). The number of carbonyl (C=O) groups is 5. The molecule has 4 amide bonds. The Balaban J connectivity index is 5.23. The van der Waals surface area contributed by atoms with Gasteiger partial charge in [0.1, 0.15) is 18.1 Å². The van der Waals surface area contributed by atoms with Crippen LogP contribution in [0.3, 0.4) is 0 Å². The Morgan fingerprint density at radius 2 is 1.55 bits per heavy atom. The molecule has 0 fully saturated rings. The third-order valence-electron chi connectivity index (χ3n) is 3.98. The van der Waals surface area contributed by atoms with Crippen molar-refractivity contribution < 1.29 is 29.1 Å². The average molecular weight is 434 g/mol. The van der Waals surface area contributed by atoms with Crippen LogP contribution in [-0.4, -0.2) is 70.9 Å². The number of nitrogens with two attached hydrogens (primary N) is 2. The maximum atomic E-state index is 12.7. The molecule has 0 aliphatic heterocycles. The second-order valence-corrected chi connectivity index (χ2v) is 7.90. The Hall–Kier alpha value is -2.34. The number of thioether (sulfide) groups is 1. The maximum absolute atomic E-state index is 12.7. The maximum Gasteiger partial charge on any atom is 0.325 e. The third kappa shape index (κ3) is 10.1. The number of nitrogens with one attached hydrogen (secondary N) is 3. The lowest BCUT2D eigenvalue weighted by atomic mass is 10.0. The molecule has 4 atom stereocenters. The number of hydrogen-bond donors (Lipinski definition) is 6. The summed E-state index contributed by atoms with van der Waals surface area (Å²) >= 11 is 1.53. The smallest absolute Gasteiger partial charge is 0.325 e. The number of rotatable bonds is 13. The molecular weight excluding hydrogens is 402 g/mol. The van der Waals surface area contributed by atoms with E-state index in [2.05, 4.69) is 16.0 Å². The van der Waals surface area contributed by atoms with Crippen LogP contribution in [0.1, 0.15) is 33.6 Å². The number of amides is 4. The molecule has 0 spiro atoms. The third-order valence-corrected chi connectivity index (χ3v) is 4.63. The zero-order chi connectivity index (χ0) is 22.7. The fourth-order valence-corrected chi connectivity index (χ4v) is 2.71. The highest BCUT2D eigenvalue weighted by atomic mass is 32.2. The zero-order valence-electron chi connectivity index (χ0n) is 17.1. The van der Waals surface area contributed by atoms with Crippen LogP contribution in [0, 0.1) is 5.92 Å². The normalized spacial score (nSPS) is 15.0. The van der Waals surface area contributed by atoms with E-state index in [4.69, 9.17) is 16.6 Å². The highest BCUT2D eigenvalue weighted by molar-refractivity contribution is 7.98. The van der Waals surface area contributed by atoms with Crippen LogP contribution in [0.4, 0.5) is 0 Å². The van der Waals surface area contributed by atoms with Gasteiger partial charge in [0.25, 0.3) is 0 Å². The highest BCUT2D eigenvalue weighted by Gasteiger charge is 2.31. The van der Waals surface area contributed by atoms with E-state index < -0.39 is 60.2 Å². The molecule has 12 heteroatoms. The fourth-order valence-electron chi connectivity index (χ4n) is 2.22. The first-order chi connectivity index (χ1) is 13.4. The fraction of sp³-hybridized carbons (Fsp3) is 0.706. The van der Waals surface area contributed by atoms with Gasteiger partial charge in [0, 0.05) is 0 Å². The van der Waals surface area contributed by atoms with Crippen LogP contribution in [0.25, 0.3) is 0 Å². The SMILES string of the molecule is CSCCC(N)C(=O)NC(C(=O)NC(CC(N)=O)C(=O)NC(C)C(=O)O)C(C)C. The van der Waals surface area contributed by atoms with E-state index in [1.807, 2.05) is 6.26 Å². The molecule has 0 aromatic carbocycles. The van der Waals surface area contributed by atoms with Crippen molar-refractivity contribution in [2.24, 2.45) is 17.4 Å². The Morgan fingerprint density at radius 3 is 2.00 bits per heavy atom. The van der Waals surface area contributed by atoms with E-state index in [9.17, 15) is 24.0 Å². The number of hydrogen-bond acceptors (Lipinski definition) is 7. The first-order valence-electron chi connectivity index (χ1n) is 9.07. The predicted octanol–water partition coefficient (Wildman–Crippen LogP) is -1.84. The van der Waals surface area contributed by atoms with Gasteiger partial charge in [-0.25, -0.2) is 0 Å².